The monoisotopic (exact) mass is 224 g/mol. The van der Waals surface area contributed by atoms with Crippen molar-refractivity contribution in [1.29, 1.82) is 0 Å². The molecular weight excluding hydrogens is 208 g/mol. The minimum Gasteiger partial charge on any atom is -0.508 e. The van der Waals surface area contributed by atoms with E-state index in [4.69, 9.17) is 9.84 Å². The fraction of sp³-hybridized carbons (Fsp3) is 0.500. The third-order valence-corrected chi connectivity index (χ3v) is 3.74. The molecule has 15 heavy (non-hydrogen) atoms. The molecule has 0 amide bonds. The molecule has 82 valence electrons. The molecule has 0 radical (unpaired) electrons. The van der Waals surface area contributed by atoms with Crippen LogP contribution in [0.25, 0.3) is 0 Å². The van der Waals surface area contributed by atoms with Crippen molar-refractivity contribution >= 4 is 11.8 Å². The molecule has 1 N–H and O–H groups in total. The van der Waals surface area contributed by atoms with Crippen LogP contribution in [-0.2, 0) is 4.74 Å². The van der Waals surface area contributed by atoms with Crippen LogP contribution in [-0.4, -0.2) is 23.1 Å². The van der Waals surface area contributed by atoms with Gasteiger partial charge in [0.05, 0.1) is 12.2 Å². The highest BCUT2D eigenvalue weighted by Crippen LogP contribution is 2.27. The molecule has 2 unspecified atom stereocenters. The maximum absolute atomic E-state index is 9.14. The first-order chi connectivity index (χ1) is 7.24. The van der Waals surface area contributed by atoms with Gasteiger partial charge in [0, 0.05) is 10.6 Å². The van der Waals surface area contributed by atoms with Crippen molar-refractivity contribution < 1.29 is 9.84 Å². The Kier molecular flexibility index (Phi) is 3.54. The number of thioether (sulfide) groups is 1. The highest BCUT2D eigenvalue weighted by atomic mass is 32.2. The van der Waals surface area contributed by atoms with E-state index in [0.29, 0.717) is 18.0 Å². The van der Waals surface area contributed by atoms with Crippen LogP contribution in [0.4, 0.5) is 0 Å². The molecule has 0 spiro atoms. The summed E-state index contributed by atoms with van der Waals surface area (Å²) in [5.74, 6) is 1.33. The summed E-state index contributed by atoms with van der Waals surface area (Å²) in [7, 11) is 0. The lowest BCUT2D eigenvalue weighted by Gasteiger charge is -2.10. The van der Waals surface area contributed by atoms with Crippen molar-refractivity contribution in [3.05, 3.63) is 24.3 Å². The van der Waals surface area contributed by atoms with Crippen molar-refractivity contribution in [2.45, 2.75) is 36.9 Å². The van der Waals surface area contributed by atoms with Crippen LogP contribution < -0.4 is 0 Å². The number of ether oxygens (including phenoxy) is 1. The van der Waals surface area contributed by atoms with Crippen LogP contribution in [0, 0.1) is 0 Å². The van der Waals surface area contributed by atoms with Crippen molar-refractivity contribution in [3.8, 4) is 5.75 Å². The van der Waals surface area contributed by atoms with Gasteiger partial charge in [0.15, 0.2) is 0 Å². The lowest BCUT2D eigenvalue weighted by molar-refractivity contribution is 0.0700. The lowest BCUT2D eigenvalue weighted by atomic mass is 10.2. The third-order valence-electron chi connectivity index (χ3n) is 2.59. The predicted molar refractivity (Wildman–Crippen MR) is 62.4 cm³/mol. The summed E-state index contributed by atoms with van der Waals surface area (Å²) in [5.41, 5.74) is 0. The van der Waals surface area contributed by atoms with Gasteiger partial charge in [-0.1, -0.05) is 0 Å². The first kappa shape index (κ1) is 10.8. The topological polar surface area (TPSA) is 29.5 Å². The lowest BCUT2D eigenvalue weighted by Crippen LogP contribution is -2.10. The Morgan fingerprint density at radius 2 is 2.07 bits per heavy atom. The standard InChI is InChI=1S/C12H16O2S/c1-9-2-5-11(14-9)8-15-12-6-3-10(13)4-7-12/h3-4,6-7,9,11,13H,2,5,8H2,1H3. The van der Waals surface area contributed by atoms with Crippen molar-refractivity contribution in [2.24, 2.45) is 0 Å². The summed E-state index contributed by atoms with van der Waals surface area (Å²) in [6.45, 7) is 2.13. The van der Waals surface area contributed by atoms with Gasteiger partial charge in [-0.3, -0.25) is 0 Å². The zero-order valence-electron chi connectivity index (χ0n) is 8.85. The van der Waals surface area contributed by atoms with E-state index in [-0.39, 0.29) is 0 Å². The maximum Gasteiger partial charge on any atom is 0.115 e. The van der Waals surface area contributed by atoms with Gasteiger partial charge in [-0.25, -0.2) is 0 Å². The molecule has 3 heteroatoms. The van der Waals surface area contributed by atoms with Gasteiger partial charge in [-0.2, -0.15) is 0 Å². The highest BCUT2D eigenvalue weighted by Gasteiger charge is 2.21. The first-order valence-corrected chi connectivity index (χ1v) is 6.30. The number of benzene rings is 1. The Labute approximate surface area is 94.6 Å². The van der Waals surface area contributed by atoms with E-state index in [1.807, 2.05) is 12.1 Å². The molecule has 2 nitrogen and oxygen atoms in total. The van der Waals surface area contributed by atoms with E-state index in [2.05, 4.69) is 6.92 Å². The molecule has 0 saturated carbocycles. The second kappa shape index (κ2) is 4.90. The van der Waals surface area contributed by atoms with Crippen molar-refractivity contribution in [3.63, 3.8) is 0 Å². The fourth-order valence-electron chi connectivity index (χ4n) is 1.74. The average Bonchev–Trinajstić information content (AvgIpc) is 2.64. The number of hydrogen-bond donors (Lipinski definition) is 1. The highest BCUT2D eigenvalue weighted by molar-refractivity contribution is 7.99. The molecule has 1 aromatic rings. The van der Waals surface area contributed by atoms with Gasteiger partial charge in [-0.15, -0.1) is 11.8 Å². The third kappa shape index (κ3) is 3.14. The number of phenolic OH excluding ortho intramolecular Hbond substituents is 1. The Hall–Kier alpha value is -0.670. The fourth-order valence-corrected chi connectivity index (χ4v) is 2.69. The first-order valence-electron chi connectivity index (χ1n) is 5.31. The molecule has 1 aliphatic rings. The Bertz CT molecular complexity index is 310. The number of rotatable bonds is 3. The Balaban J connectivity index is 1.80. The molecule has 1 aliphatic heterocycles. The van der Waals surface area contributed by atoms with Gasteiger partial charge < -0.3 is 9.84 Å². The quantitative estimate of drug-likeness (QED) is 0.800. The van der Waals surface area contributed by atoms with Gasteiger partial charge in [-0.05, 0) is 44.0 Å². The number of aromatic hydroxyl groups is 1. The van der Waals surface area contributed by atoms with Gasteiger partial charge >= 0.3 is 0 Å². The summed E-state index contributed by atoms with van der Waals surface area (Å²) in [4.78, 5) is 1.19. The molecule has 1 aromatic carbocycles. The zero-order valence-corrected chi connectivity index (χ0v) is 9.67. The normalized spacial score (nSPS) is 25.7. The van der Waals surface area contributed by atoms with Crippen LogP contribution >= 0.6 is 11.8 Å². The second-order valence-electron chi connectivity index (χ2n) is 3.95. The van der Waals surface area contributed by atoms with Crippen LogP contribution in [0.15, 0.2) is 29.2 Å². The number of phenols is 1. The molecule has 0 bridgehead atoms. The summed E-state index contributed by atoms with van der Waals surface area (Å²) in [6, 6.07) is 7.33. The van der Waals surface area contributed by atoms with Crippen LogP contribution in [0.1, 0.15) is 19.8 Å². The SMILES string of the molecule is CC1CCC(CSc2ccc(O)cc2)O1. The van der Waals surface area contributed by atoms with E-state index in [9.17, 15) is 0 Å². The molecule has 1 fully saturated rings. The minimum absolute atomic E-state index is 0.324. The van der Waals surface area contributed by atoms with Crippen LogP contribution in [0.2, 0.25) is 0 Å². The molecule has 2 rings (SSSR count). The number of hydrogen-bond acceptors (Lipinski definition) is 3. The van der Waals surface area contributed by atoms with Crippen molar-refractivity contribution in [1.82, 2.24) is 0 Å². The molecule has 0 aliphatic carbocycles. The predicted octanol–water partition coefficient (Wildman–Crippen LogP) is 3.05. The maximum atomic E-state index is 9.14. The Morgan fingerprint density at radius 3 is 2.67 bits per heavy atom. The molecule has 1 saturated heterocycles. The van der Waals surface area contributed by atoms with Crippen molar-refractivity contribution in [2.75, 3.05) is 5.75 Å². The molecule has 1 heterocycles. The van der Waals surface area contributed by atoms with E-state index in [1.54, 1.807) is 23.9 Å². The Morgan fingerprint density at radius 1 is 1.33 bits per heavy atom. The largest absolute Gasteiger partial charge is 0.508 e. The zero-order chi connectivity index (χ0) is 10.7. The van der Waals surface area contributed by atoms with Crippen LogP contribution in [0.3, 0.4) is 0 Å². The second-order valence-corrected chi connectivity index (χ2v) is 5.04. The van der Waals surface area contributed by atoms with E-state index in [1.165, 1.54) is 17.7 Å². The van der Waals surface area contributed by atoms with E-state index in [0.717, 1.165) is 5.75 Å². The summed E-state index contributed by atoms with van der Waals surface area (Å²) in [6.07, 6.45) is 3.18. The summed E-state index contributed by atoms with van der Waals surface area (Å²) >= 11 is 1.79. The average molecular weight is 224 g/mol. The van der Waals surface area contributed by atoms with Gasteiger partial charge in [0.25, 0.3) is 0 Å². The van der Waals surface area contributed by atoms with Gasteiger partial charge in [0.2, 0.25) is 0 Å². The molecule has 2 atom stereocenters. The summed E-state index contributed by atoms with van der Waals surface area (Å²) in [5, 5.41) is 9.14. The minimum atomic E-state index is 0.324. The van der Waals surface area contributed by atoms with Gasteiger partial charge in [0.1, 0.15) is 5.75 Å². The molecular formula is C12H16O2S. The molecule has 0 aromatic heterocycles. The van der Waals surface area contributed by atoms with Crippen LogP contribution in [0.5, 0.6) is 5.75 Å². The smallest absolute Gasteiger partial charge is 0.115 e. The van der Waals surface area contributed by atoms with E-state index < -0.39 is 0 Å². The summed E-state index contributed by atoms with van der Waals surface area (Å²) < 4.78 is 5.74. The van der Waals surface area contributed by atoms with E-state index >= 15 is 0 Å².